The summed E-state index contributed by atoms with van der Waals surface area (Å²) in [5, 5.41) is 12.8. The second kappa shape index (κ2) is 6.64. The highest BCUT2D eigenvalue weighted by molar-refractivity contribution is 5.61. The summed E-state index contributed by atoms with van der Waals surface area (Å²) in [6.07, 6.45) is 4.82. The molecule has 0 aromatic carbocycles. The van der Waals surface area contributed by atoms with E-state index in [2.05, 4.69) is 26.3 Å². The zero-order valence-electron chi connectivity index (χ0n) is 15.7. The molecule has 3 heterocycles. The van der Waals surface area contributed by atoms with Gasteiger partial charge in [0, 0.05) is 31.5 Å². The van der Waals surface area contributed by atoms with Gasteiger partial charge in [-0.3, -0.25) is 0 Å². The molecular formula is C20H26FN5. The van der Waals surface area contributed by atoms with Crippen molar-refractivity contribution in [2.45, 2.75) is 58.0 Å². The van der Waals surface area contributed by atoms with E-state index in [9.17, 15) is 5.26 Å². The first-order chi connectivity index (χ1) is 12.4. The molecule has 1 aliphatic heterocycles. The monoisotopic (exact) mass is 355 g/mol. The topological polar surface area (TPSA) is 74.5 Å². The highest BCUT2D eigenvalue weighted by Crippen LogP contribution is 2.44. The van der Waals surface area contributed by atoms with E-state index in [0.717, 1.165) is 17.8 Å². The Morgan fingerprint density at radius 1 is 1.38 bits per heavy atom. The zero-order chi connectivity index (χ0) is 18.9. The number of hydrogen-bond donors (Lipinski definition) is 1. The molecule has 0 radical (unpaired) electrons. The Morgan fingerprint density at radius 2 is 2.15 bits per heavy atom. The highest BCUT2D eigenvalue weighted by atomic mass is 19.1. The van der Waals surface area contributed by atoms with Gasteiger partial charge in [0.1, 0.15) is 23.4 Å². The van der Waals surface area contributed by atoms with Gasteiger partial charge in [0.05, 0.1) is 16.7 Å². The standard InChI is InChI=1S/C20H24FN5.H2/c1-5-7-20(21,6-2)15-8-16-18(24-11-15)25-12-19(16,4)17-14(9-22)10-23-13(3)26-17;/h8,10-11H,5-7,12H2,1-4H3,(H,24,25);1H. The van der Waals surface area contributed by atoms with E-state index < -0.39 is 11.1 Å². The maximum atomic E-state index is 15.4. The maximum Gasteiger partial charge on any atom is 0.137 e. The minimum Gasteiger partial charge on any atom is -0.369 e. The number of aryl methyl sites for hydroxylation is 1. The molecule has 0 aliphatic carbocycles. The second-order valence-corrected chi connectivity index (χ2v) is 7.17. The third-order valence-corrected chi connectivity index (χ3v) is 5.37. The molecule has 2 aromatic rings. The molecule has 1 N–H and O–H groups in total. The predicted molar refractivity (Wildman–Crippen MR) is 101 cm³/mol. The molecule has 2 unspecified atom stereocenters. The first-order valence-corrected chi connectivity index (χ1v) is 9.06. The average molecular weight is 355 g/mol. The third kappa shape index (κ3) is 2.82. The van der Waals surface area contributed by atoms with Crippen LogP contribution in [0.25, 0.3) is 0 Å². The second-order valence-electron chi connectivity index (χ2n) is 7.17. The fraction of sp³-hybridized carbons (Fsp3) is 0.500. The fourth-order valence-electron chi connectivity index (χ4n) is 3.73. The molecule has 2 aromatic heterocycles. The third-order valence-electron chi connectivity index (χ3n) is 5.37. The molecule has 0 fully saturated rings. The van der Waals surface area contributed by atoms with Gasteiger partial charge in [-0.05, 0) is 32.8 Å². The molecule has 1 aliphatic rings. The van der Waals surface area contributed by atoms with Gasteiger partial charge < -0.3 is 5.32 Å². The lowest BCUT2D eigenvalue weighted by Gasteiger charge is -2.27. The normalized spacial score (nSPS) is 20.8. The van der Waals surface area contributed by atoms with E-state index >= 15 is 4.39 Å². The lowest BCUT2D eigenvalue weighted by atomic mass is 9.78. The number of pyridine rings is 1. The Bertz CT molecular complexity index is 881. The summed E-state index contributed by atoms with van der Waals surface area (Å²) in [6, 6.07) is 4.09. The first kappa shape index (κ1) is 18.2. The van der Waals surface area contributed by atoms with Gasteiger partial charge in [-0.15, -0.1) is 0 Å². The van der Waals surface area contributed by atoms with Crippen LogP contribution in [0.3, 0.4) is 0 Å². The van der Waals surface area contributed by atoms with Crippen LogP contribution >= 0.6 is 0 Å². The number of nitrogens with one attached hydrogen (secondary N) is 1. The molecule has 26 heavy (non-hydrogen) atoms. The highest BCUT2D eigenvalue weighted by Gasteiger charge is 2.42. The summed E-state index contributed by atoms with van der Waals surface area (Å²) in [5.41, 5.74) is 0.636. The molecule has 2 atom stereocenters. The van der Waals surface area contributed by atoms with Crippen molar-refractivity contribution in [1.29, 1.82) is 5.26 Å². The van der Waals surface area contributed by atoms with Crippen molar-refractivity contribution >= 4 is 5.82 Å². The molecule has 5 nitrogen and oxygen atoms in total. The minimum absolute atomic E-state index is 0. The number of nitrogens with zero attached hydrogens (tertiary/aromatic N) is 4. The van der Waals surface area contributed by atoms with E-state index in [1.54, 1.807) is 19.3 Å². The summed E-state index contributed by atoms with van der Waals surface area (Å²) >= 11 is 0. The van der Waals surface area contributed by atoms with Crippen LogP contribution in [0, 0.1) is 18.3 Å². The van der Waals surface area contributed by atoms with Crippen molar-refractivity contribution in [2.75, 3.05) is 11.9 Å². The van der Waals surface area contributed by atoms with E-state index in [-0.39, 0.29) is 1.43 Å². The van der Waals surface area contributed by atoms with Crippen LogP contribution in [0.2, 0.25) is 0 Å². The number of rotatable bonds is 5. The number of alkyl halides is 1. The van der Waals surface area contributed by atoms with Crippen LogP contribution in [-0.2, 0) is 11.1 Å². The van der Waals surface area contributed by atoms with Crippen LogP contribution in [0.15, 0.2) is 18.5 Å². The lowest BCUT2D eigenvalue weighted by molar-refractivity contribution is 0.142. The van der Waals surface area contributed by atoms with Gasteiger partial charge in [-0.2, -0.15) is 5.26 Å². The van der Waals surface area contributed by atoms with Gasteiger partial charge in [-0.25, -0.2) is 19.3 Å². The Balaban J connectivity index is 0.00000261. The molecular weight excluding hydrogens is 329 g/mol. The van der Waals surface area contributed by atoms with E-state index in [1.807, 2.05) is 26.8 Å². The minimum atomic E-state index is -1.39. The molecule has 6 heteroatoms. The SMILES string of the molecule is CCCC(F)(CC)c1cnc2c(c1)C(C)(c1nc(C)ncc1C#N)CN2.[HH]. The Morgan fingerprint density at radius 3 is 2.81 bits per heavy atom. The molecule has 0 amide bonds. The quantitative estimate of drug-likeness (QED) is 0.860. The van der Waals surface area contributed by atoms with Crippen LogP contribution in [0.1, 0.15) is 69.7 Å². The lowest BCUT2D eigenvalue weighted by Crippen LogP contribution is -2.29. The largest absolute Gasteiger partial charge is 0.369 e. The van der Waals surface area contributed by atoms with Crippen molar-refractivity contribution in [2.24, 2.45) is 0 Å². The van der Waals surface area contributed by atoms with E-state index in [4.69, 9.17) is 0 Å². The summed E-state index contributed by atoms with van der Waals surface area (Å²) in [6.45, 7) is 8.23. The molecule has 0 spiro atoms. The van der Waals surface area contributed by atoms with Crippen molar-refractivity contribution < 1.29 is 5.82 Å². The molecule has 0 bridgehead atoms. The predicted octanol–water partition coefficient (Wildman–Crippen LogP) is 4.40. The number of halogens is 1. The van der Waals surface area contributed by atoms with Crippen molar-refractivity contribution in [1.82, 2.24) is 15.0 Å². The van der Waals surface area contributed by atoms with E-state index in [1.165, 1.54) is 0 Å². The average Bonchev–Trinajstić information content (AvgIpc) is 2.99. The number of anilines is 1. The zero-order valence-corrected chi connectivity index (χ0v) is 15.7. The Hall–Kier alpha value is -2.55. The maximum absolute atomic E-state index is 15.4. The summed E-state index contributed by atoms with van der Waals surface area (Å²) in [4.78, 5) is 13.2. The van der Waals surface area contributed by atoms with Crippen molar-refractivity contribution in [3.05, 3.63) is 46.7 Å². The number of aromatic nitrogens is 3. The van der Waals surface area contributed by atoms with Crippen LogP contribution in [-0.4, -0.2) is 21.5 Å². The van der Waals surface area contributed by atoms with Gasteiger partial charge in [0.15, 0.2) is 0 Å². The summed E-state index contributed by atoms with van der Waals surface area (Å²) < 4.78 is 15.4. The number of fused-ring (bicyclic) bond motifs is 1. The Kier molecular flexibility index (Phi) is 4.66. The van der Waals surface area contributed by atoms with Gasteiger partial charge in [0.25, 0.3) is 0 Å². The van der Waals surface area contributed by atoms with Crippen LogP contribution in [0.5, 0.6) is 0 Å². The molecule has 0 saturated carbocycles. The van der Waals surface area contributed by atoms with Crippen LogP contribution in [0.4, 0.5) is 10.2 Å². The first-order valence-electron chi connectivity index (χ1n) is 9.06. The van der Waals surface area contributed by atoms with Crippen molar-refractivity contribution in [3.63, 3.8) is 0 Å². The smallest absolute Gasteiger partial charge is 0.137 e. The summed E-state index contributed by atoms with van der Waals surface area (Å²) in [5.74, 6) is 1.34. The Labute approximate surface area is 155 Å². The number of hydrogen-bond acceptors (Lipinski definition) is 5. The van der Waals surface area contributed by atoms with E-state index in [0.29, 0.717) is 42.0 Å². The molecule has 0 saturated heterocycles. The summed E-state index contributed by atoms with van der Waals surface area (Å²) in [7, 11) is 0. The van der Waals surface area contributed by atoms with Crippen molar-refractivity contribution in [3.8, 4) is 6.07 Å². The van der Waals surface area contributed by atoms with Gasteiger partial charge in [0.2, 0.25) is 0 Å². The molecule has 138 valence electrons. The van der Waals surface area contributed by atoms with Crippen LogP contribution < -0.4 is 5.32 Å². The molecule has 3 rings (SSSR count). The number of nitriles is 1. The van der Waals surface area contributed by atoms with Gasteiger partial charge >= 0.3 is 0 Å². The van der Waals surface area contributed by atoms with Gasteiger partial charge in [-0.1, -0.05) is 20.3 Å². The fourth-order valence-corrected chi connectivity index (χ4v) is 3.73.